The van der Waals surface area contributed by atoms with Crippen molar-refractivity contribution in [2.75, 3.05) is 6.61 Å². The summed E-state index contributed by atoms with van der Waals surface area (Å²) in [4.78, 5) is 0. The summed E-state index contributed by atoms with van der Waals surface area (Å²) < 4.78 is 5.24. The lowest BCUT2D eigenvalue weighted by Gasteiger charge is -2.01. The second-order valence-electron chi connectivity index (χ2n) is 2.17. The van der Waals surface area contributed by atoms with Gasteiger partial charge in [-0.3, -0.25) is 0 Å². The number of hydrogen-bond acceptors (Lipinski definition) is 1. The first-order valence-corrected chi connectivity index (χ1v) is 3.42. The molecule has 0 aliphatic heterocycles. The second-order valence-corrected chi connectivity index (χ2v) is 2.17. The first kappa shape index (κ1) is 7.93. The summed E-state index contributed by atoms with van der Waals surface area (Å²) in [5.74, 6) is 0.819. The van der Waals surface area contributed by atoms with E-state index in [1.54, 1.807) is 18.2 Å². The topological polar surface area (TPSA) is 9.23 Å². The van der Waals surface area contributed by atoms with E-state index in [4.69, 9.17) is 12.6 Å². The average Bonchev–Trinajstić information content (AvgIpc) is 2.04. The monoisotopic (exact) mass is 144 g/mol. The third kappa shape index (κ3) is 2.50. The molecule has 0 atom stereocenters. The van der Waals surface area contributed by atoms with E-state index in [-0.39, 0.29) is 0 Å². The summed E-state index contributed by atoms with van der Waals surface area (Å²) in [6, 6.07) is 7.27. The van der Waals surface area contributed by atoms with Gasteiger partial charge in [0.1, 0.15) is 20.2 Å². The van der Waals surface area contributed by atoms with E-state index in [1.165, 1.54) is 0 Å². The van der Waals surface area contributed by atoms with Crippen LogP contribution in [0.2, 0.25) is 0 Å². The van der Waals surface area contributed by atoms with Crippen LogP contribution in [0, 0.1) is 0 Å². The van der Waals surface area contributed by atoms with Gasteiger partial charge in [-0.25, -0.2) is 0 Å². The maximum atomic E-state index is 5.48. The van der Waals surface area contributed by atoms with Crippen LogP contribution in [0.25, 0.3) is 0 Å². The molecule has 0 spiro atoms. The molecule has 1 nitrogen and oxygen atoms in total. The highest BCUT2D eigenvalue weighted by Gasteiger charge is 1.88. The molecule has 54 valence electrons. The smallest absolute Gasteiger partial charge is 0.119 e. The SMILES string of the molecule is [B]c1ccc(OCC=C)cc1. The summed E-state index contributed by atoms with van der Waals surface area (Å²) in [5, 5.41) is 0. The lowest BCUT2D eigenvalue weighted by atomic mass is 9.97. The molecular weight excluding hydrogens is 135 g/mol. The molecule has 0 aromatic heterocycles. The van der Waals surface area contributed by atoms with Crippen LogP contribution in [0.5, 0.6) is 5.75 Å². The standard InChI is InChI=1S/C9H9BO/c1-2-7-11-9-5-3-8(10)4-6-9/h2-6H,1,7H2. The fourth-order valence-corrected chi connectivity index (χ4v) is 0.719. The van der Waals surface area contributed by atoms with Crippen molar-refractivity contribution in [1.82, 2.24) is 0 Å². The molecule has 11 heavy (non-hydrogen) atoms. The number of benzene rings is 1. The van der Waals surface area contributed by atoms with Gasteiger partial charge in [-0.05, 0) is 12.1 Å². The Morgan fingerprint density at radius 1 is 1.36 bits per heavy atom. The Morgan fingerprint density at radius 2 is 2.00 bits per heavy atom. The van der Waals surface area contributed by atoms with Gasteiger partial charge in [0.15, 0.2) is 0 Å². The van der Waals surface area contributed by atoms with Gasteiger partial charge in [-0.2, -0.15) is 0 Å². The fourth-order valence-electron chi connectivity index (χ4n) is 0.719. The van der Waals surface area contributed by atoms with Gasteiger partial charge in [-0.15, -0.1) is 0 Å². The molecule has 0 saturated heterocycles. The molecule has 0 aliphatic carbocycles. The van der Waals surface area contributed by atoms with Crippen molar-refractivity contribution in [2.24, 2.45) is 0 Å². The van der Waals surface area contributed by atoms with Crippen LogP contribution in [0.1, 0.15) is 0 Å². The molecule has 0 fully saturated rings. The Hall–Kier alpha value is -1.18. The van der Waals surface area contributed by atoms with Crippen LogP contribution in [0.4, 0.5) is 0 Å². The van der Waals surface area contributed by atoms with Gasteiger partial charge in [0.2, 0.25) is 0 Å². The largest absolute Gasteiger partial charge is 0.490 e. The third-order valence-electron chi connectivity index (χ3n) is 1.25. The predicted octanol–water partition coefficient (Wildman–Crippen LogP) is 1.05. The minimum absolute atomic E-state index is 0.532. The van der Waals surface area contributed by atoms with Crippen molar-refractivity contribution in [2.45, 2.75) is 0 Å². The first-order valence-electron chi connectivity index (χ1n) is 3.42. The minimum Gasteiger partial charge on any atom is -0.490 e. The van der Waals surface area contributed by atoms with Crippen molar-refractivity contribution in [3.8, 4) is 5.75 Å². The van der Waals surface area contributed by atoms with E-state index in [0.717, 1.165) is 11.2 Å². The highest BCUT2D eigenvalue weighted by Crippen LogP contribution is 2.06. The fraction of sp³-hybridized carbons (Fsp3) is 0.111. The van der Waals surface area contributed by atoms with Gasteiger partial charge in [0.25, 0.3) is 0 Å². The third-order valence-corrected chi connectivity index (χ3v) is 1.25. The van der Waals surface area contributed by atoms with E-state index in [0.29, 0.717) is 6.61 Å². The van der Waals surface area contributed by atoms with E-state index < -0.39 is 0 Å². The van der Waals surface area contributed by atoms with Crippen molar-refractivity contribution in [3.63, 3.8) is 0 Å². The Balaban J connectivity index is 2.58. The zero-order valence-electron chi connectivity index (χ0n) is 6.29. The number of ether oxygens (including phenoxy) is 1. The van der Waals surface area contributed by atoms with E-state index in [2.05, 4.69) is 6.58 Å². The van der Waals surface area contributed by atoms with Gasteiger partial charge in [0, 0.05) is 0 Å². The molecule has 2 radical (unpaired) electrons. The number of rotatable bonds is 3. The summed E-state index contributed by atoms with van der Waals surface area (Å²) in [7, 11) is 5.48. The van der Waals surface area contributed by atoms with E-state index >= 15 is 0 Å². The van der Waals surface area contributed by atoms with Crippen LogP contribution in [0.15, 0.2) is 36.9 Å². The lowest BCUT2D eigenvalue weighted by molar-refractivity contribution is 0.363. The van der Waals surface area contributed by atoms with Crippen LogP contribution in [-0.2, 0) is 0 Å². The highest BCUT2D eigenvalue weighted by molar-refractivity contribution is 6.32. The van der Waals surface area contributed by atoms with E-state index in [9.17, 15) is 0 Å². The zero-order valence-corrected chi connectivity index (χ0v) is 6.29. The first-order chi connectivity index (χ1) is 5.33. The van der Waals surface area contributed by atoms with Gasteiger partial charge < -0.3 is 4.74 Å². The summed E-state index contributed by atoms with van der Waals surface area (Å²) in [6.45, 7) is 4.08. The summed E-state index contributed by atoms with van der Waals surface area (Å²) in [6.07, 6.45) is 1.70. The van der Waals surface area contributed by atoms with Crippen molar-refractivity contribution >= 4 is 13.3 Å². The average molecular weight is 144 g/mol. The maximum Gasteiger partial charge on any atom is 0.119 e. The molecule has 0 N–H and O–H groups in total. The predicted molar refractivity (Wildman–Crippen MR) is 47.5 cm³/mol. The summed E-state index contributed by atoms with van der Waals surface area (Å²) >= 11 is 0. The molecule has 0 unspecified atom stereocenters. The molecule has 1 aromatic carbocycles. The molecular formula is C9H9BO. The molecule has 1 aromatic rings. The van der Waals surface area contributed by atoms with Gasteiger partial charge in [0.05, 0.1) is 0 Å². The molecule has 2 heteroatoms. The van der Waals surface area contributed by atoms with Crippen LogP contribution >= 0.6 is 0 Å². The molecule has 0 amide bonds. The van der Waals surface area contributed by atoms with Crippen LogP contribution < -0.4 is 10.2 Å². The van der Waals surface area contributed by atoms with Crippen molar-refractivity contribution in [3.05, 3.63) is 36.9 Å². The Labute approximate surface area is 68.1 Å². The second kappa shape index (κ2) is 3.86. The van der Waals surface area contributed by atoms with Crippen molar-refractivity contribution < 1.29 is 4.74 Å². The van der Waals surface area contributed by atoms with E-state index in [1.807, 2.05) is 12.1 Å². The quantitative estimate of drug-likeness (QED) is 0.455. The lowest BCUT2D eigenvalue weighted by Crippen LogP contribution is -2.00. The maximum absolute atomic E-state index is 5.48. The normalized spacial score (nSPS) is 9.09. The molecule has 0 aliphatic rings. The van der Waals surface area contributed by atoms with Gasteiger partial charge >= 0.3 is 0 Å². The highest BCUT2D eigenvalue weighted by atomic mass is 16.5. The zero-order chi connectivity index (χ0) is 8.10. The van der Waals surface area contributed by atoms with Crippen LogP contribution in [-0.4, -0.2) is 14.5 Å². The van der Waals surface area contributed by atoms with Crippen molar-refractivity contribution in [1.29, 1.82) is 0 Å². The molecule has 0 saturated carbocycles. The number of hydrogen-bond donors (Lipinski definition) is 0. The Bertz CT molecular complexity index is 228. The van der Waals surface area contributed by atoms with Crippen LogP contribution in [0.3, 0.4) is 0 Å². The molecule has 1 rings (SSSR count). The minimum atomic E-state index is 0.532. The molecule has 0 bridgehead atoms. The Morgan fingerprint density at radius 3 is 2.55 bits per heavy atom. The molecule has 0 heterocycles. The van der Waals surface area contributed by atoms with Gasteiger partial charge in [-0.1, -0.05) is 30.3 Å². The Kier molecular flexibility index (Phi) is 2.78. The summed E-state index contributed by atoms with van der Waals surface area (Å²) in [5.41, 5.74) is 0.746.